The lowest BCUT2D eigenvalue weighted by molar-refractivity contribution is 0.174. The van der Waals surface area contributed by atoms with Crippen molar-refractivity contribution in [3.8, 4) is 22.8 Å². The van der Waals surface area contributed by atoms with E-state index in [2.05, 4.69) is 25.9 Å². The van der Waals surface area contributed by atoms with E-state index in [0.717, 1.165) is 59.1 Å². The number of hydrogen-bond donors (Lipinski definition) is 2. The quantitative estimate of drug-likeness (QED) is 0.665. The maximum Gasteiger partial charge on any atom is 0.256 e. The standard InChI is InChI=1S/C20H18N4O3S/c25-19-14-10-24(6-5-16(14)22-20(28)23-19)9-12-1-3-15(21-8-12)13-2-4-17-18(7-13)27-11-26-17/h1-4,7-8H,5-6,9-11H2,(H2,22,23,25,28). The minimum atomic E-state index is -0.0975. The molecule has 7 nitrogen and oxygen atoms in total. The third-order valence-electron chi connectivity index (χ3n) is 5.09. The molecule has 0 unspecified atom stereocenters. The topological polar surface area (TPSA) is 83.2 Å². The second kappa shape index (κ2) is 6.88. The lowest BCUT2D eigenvalue weighted by atomic mass is 10.1. The van der Waals surface area contributed by atoms with Gasteiger partial charge in [-0.25, -0.2) is 0 Å². The number of aromatic amines is 2. The number of ether oxygens (including phenoxy) is 2. The van der Waals surface area contributed by atoms with E-state index in [1.807, 2.05) is 30.5 Å². The van der Waals surface area contributed by atoms with Crippen LogP contribution in [0.3, 0.4) is 0 Å². The first kappa shape index (κ1) is 17.2. The van der Waals surface area contributed by atoms with Gasteiger partial charge < -0.3 is 14.5 Å². The molecule has 0 spiro atoms. The lowest BCUT2D eigenvalue weighted by Gasteiger charge is -2.27. The van der Waals surface area contributed by atoms with Gasteiger partial charge in [0.2, 0.25) is 6.79 Å². The Morgan fingerprint density at radius 2 is 2.04 bits per heavy atom. The molecule has 28 heavy (non-hydrogen) atoms. The van der Waals surface area contributed by atoms with E-state index >= 15 is 0 Å². The second-order valence-corrected chi connectivity index (χ2v) is 7.35. The molecule has 2 aliphatic rings. The van der Waals surface area contributed by atoms with Crippen molar-refractivity contribution in [2.24, 2.45) is 0 Å². The van der Waals surface area contributed by atoms with E-state index in [0.29, 0.717) is 11.3 Å². The Morgan fingerprint density at radius 1 is 1.14 bits per heavy atom. The van der Waals surface area contributed by atoms with Gasteiger partial charge in [0.15, 0.2) is 16.3 Å². The third kappa shape index (κ3) is 3.21. The van der Waals surface area contributed by atoms with Gasteiger partial charge in [-0.15, -0.1) is 0 Å². The van der Waals surface area contributed by atoms with Crippen LogP contribution in [0, 0.1) is 4.77 Å². The van der Waals surface area contributed by atoms with Crippen molar-refractivity contribution in [1.29, 1.82) is 0 Å². The molecule has 0 bridgehead atoms. The molecular formula is C20H18N4O3S. The van der Waals surface area contributed by atoms with Gasteiger partial charge in [0, 0.05) is 43.5 Å². The van der Waals surface area contributed by atoms with E-state index in [4.69, 9.17) is 21.7 Å². The SMILES string of the molecule is O=c1[nH]c(=S)[nH]c2c1CN(Cc1ccc(-c3ccc4c(c3)OCO4)nc1)CC2. The van der Waals surface area contributed by atoms with Gasteiger partial charge in [-0.3, -0.25) is 19.7 Å². The number of aromatic nitrogens is 3. The lowest BCUT2D eigenvalue weighted by Crippen LogP contribution is -2.35. The summed E-state index contributed by atoms with van der Waals surface area (Å²) in [6.07, 6.45) is 2.67. The molecule has 0 aliphatic carbocycles. The number of H-pyrrole nitrogens is 2. The highest BCUT2D eigenvalue weighted by Gasteiger charge is 2.20. The van der Waals surface area contributed by atoms with Gasteiger partial charge in [-0.05, 0) is 42.0 Å². The first-order chi connectivity index (χ1) is 13.7. The van der Waals surface area contributed by atoms with E-state index in [9.17, 15) is 4.79 Å². The third-order valence-corrected chi connectivity index (χ3v) is 5.29. The van der Waals surface area contributed by atoms with E-state index in [-0.39, 0.29) is 12.4 Å². The molecule has 0 atom stereocenters. The highest BCUT2D eigenvalue weighted by atomic mass is 32.1. The predicted octanol–water partition coefficient (Wildman–Crippen LogP) is 2.78. The number of rotatable bonds is 3. The maximum atomic E-state index is 12.2. The van der Waals surface area contributed by atoms with Gasteiger partial charge in [0.1, 0.15) is 0 Å². The molecule has 0 saturated heterocycles. The molecule has 5 rings (SSSR count). The normalized spacial score (nSPS) is 15.4. The van der Waals surface area contributed by atoms with Gasteiger partial charge in [0.25, 0.3) is 5.56 Å². The molecule has 0 amide bonds. The predicted molar refractivity (Wildman–Crippen MR) is 106 cm³/mol. The van der Waals surface area contributed by atoms with Crippen LogP contribution in [0.4, 0.5) is 0 Å². The van der Waals surface area contributed by atoms with E-state index in [1.165, 1.54) is 0 Å². The van der Waals surface area contributed by atoms with Crippen molar-refractivity contribution in [3.63, 3.8) is 0 Å². The van der Waals surface area contributed by atoms with Crippen LogP contribution in [-0.4, -0.2) is 33.2 Å². The second-order valence-electron chi connectivity index (χ2n) is 6.95. The minimum Gasteiger partial charge on any atom is -0.454 e. The summed E-state index contributed by atoms with van der Waals surface area (Å²) >= 11 is 5.05. The summed E-state index contributed by atoms with van der Waals surface area (Å²) in [6.45, 7) is 2.47. The summed E-state index contributed by atoms with van der Waals surface area (Å²) in [5.41, 5.74) is 4.60. The Bertz CT molecular complexity index is 1150. The zero-order valence-electron chi connectivity index (χ0n) is 15.0. The zero-order valence-corrected chi connectivity index (χ0v) is 15.8. The molecule has 2 aliphatic heterocycles. The molecular weight excluding hydrogens is 376 g/mol. The number of nitrogens with zero attached hydrogens (tertiary/aromatic N) is 2. The highest BCUT2D eigenvalue weighted by Crippen LogP contribution is 2.35. The van der Waals surface area contributed by atoms with Crippen molar-refractivity contribution >= 4 is 12.2 Å². The van der Waals surface area contributed by atoms with E-state index in [1.54, 1.807) is 0 Å². The molecule has 1 aromatic carbocycles. The number of pyridine rings is 1. The van der Waals surface area contributed by atoms with Gasteiger partial charge >= 0.3 is 0 Å². The maximum absolute atomic E-state index is 12.2. The van der Waals surface area contributed by atoms with Crippen molar-refractivity contribution in [2.45, 2.75) is 19.5 Å². The molecule has 0 radical (unpaired) electrons. The number of nitrogens with one attached hydrogen (secondary N) is 2. The van der Waals surface area contributed by atoms with Gasteiger partial charge in [0.05, 0.1) is 11.3 Å². The van der Waals surface area contributed by atoms with Crippen LogP contribution in [0.25, 0.3) is 11.3 Å². The molecule has 0 fully saturated rings. The van der Waals surface area contributed by atoms with Crippen molar-refractivity contribution in [3.05, 3.63) is 68.5 Å². The molecule has 4 heterocycles. The molecule has 8 heteroatoms. The summed E-state index contributed by atoms with van der Waals surface area (Å²) < 4.78 is 11.2. The van der Waals surface area contributed by atoms with Crippen LogP contribution in [0.5, 0.6) is 11.5 Å². The summed E-state index contributed by atoms with van der Waals surface area (Å²) in [5, 5.41) is 0. The summed E-state index contributed by atoms with van der Waals surface area (Å²) in [5.74, 6) is 1.51. The fourth-order valence-corrected chi connectivity index (χ4v) is 3.87. The number of benzene rings is 1. The summed E-state index contributed by atoms with van der Waals surface area (Å²) in [6, 6.07) is 9.91. The molecule has 142 valence electrons. The zero-order chi connectivity index (χ0) is 19.1. The van der Waals surface area contributed by atoms with Crippen LogP contribution in [0.2, 0.25) is 0 Å². The smallest absolute Gasteiger partial charge is 0.256 e. The molecule has 3 aromatic rings. The van der Waals surface area contributed by atoms with Gasteiger partial charge in [-0.2, -0.15) is 0 Å². The molecule has 2 aromatic heterocycles. The monoisotopic (exact) mass is 394 g/mol. The molecule has 0 saturated carbocycles. The van der Waals surface area contributed by atoms with Crippen molar-refractivity contribution in [1.82, 2.24) is 19.9 Å². The Hall–Kier alpha value is -2.97. The summed E-state index contributed by atoms with van der Waals surface area (Å²) in [7, 11) is 0. The van der Waals surface area contributed by atoms with Crippen LogP contribution >= 0.6 is 12.2 Å². The first-order valence-corrected chi connectivity index (χ1v) is 9.48. The van der Waals surface area contributed by atoms with Crippen LogP contribution in [0.15, 0.2) is 41.3 Å². The number of hydrogen-bond acceptors (Lipinski definition) is 6. The number of fused-ring (bicyclic) bond motifs is 2. The average Bonchev–Trinajstić information content (AvgIpc) is 3.17. The van der Waals surface area contributed by atoms with E-state index < -0.39 is 0 Å². The fourth-order valence-electron chi connectivity index (χ4n) is 3.65. The Labute approximate surface area is 166 Å². The van der Waals surface area contributed by atoms with Crippen LogP contribution in [0.1, 0.15) is 16.8 Å². The molecule has 2 N–H and O–H groups in total. The average molecular weight is 394 g/mol. The Balaban J connectivity index is 1.32. The minimum absolute atomic E-state index is 0.0975. The Morgan fingerprint density at radius 3 is 2.89 bits per heavy atom. The van der Waals surface area contributed by atoms with Gasteiger partial charge in [-0.1, -0.05) is 6.07 Å². The van der Waals surface area contributed by atoms with Crippen molar-refractivity contribution in [2.75, 3.05) is 13.3 Å². The fraction of sp³-hybridized carbons (Fsp3) is 0.250. The van der Waals surface area contributed by atoms with Crippen LogP contribution < -0.4 is 15.0 Å². The largest absolute Gasteiger partial charge is 0.454 e. The summed E-state index contributed by atoms with van der Waals surface area (Å²) in [4.78, 5) is 24.8. The first-order valence-electron chi connectivity index (χ1n) is 9.07. The Kier molecular flexibility index (Phi) is 4.22. The van der Waals surface area contributed by atoms with Crippen LogP contribution in [-0.2, 0) is 19.5 Å². The highest BCUT2D eigenvalue weighted by molar-refractivity contribution is 7.71. The van der Waals surface area contributed by atoms with Crippen molar-refractivity contribution < 1.29 is 9.47 Å².